The number of benzene rings is 2. The van der Waals surface area contributed by atoms with Crippen LogP contribution >= 0.6 is 0 Å². The zero-order valence-electron chi connectivity index (χ0n) is 20.5. The van der Waals surface area contributed by atoms with Crippen molar-refractivity contribution in [3.63, 3.8) is 0 Å². The topological polar surface area (TPSA) is 90.9 Å². The molecule has 35 heavy (non-hydrogen) atoms. The van der Waals surface area contributed by atoms with Crippen molar-refractivity contribution in [3.05, 3.63) is 66.4 Å². The molecule has 2 aromatic carbocycles. The summed E-state index contributed by atoms with van der Waals surface area (Å²) >= 11 is 0. The van der Waals surface area contributed by atoms with E-state index in [1.165, 1.54) is 0 Å². The van der Waals surface area contributed by atoms with E-state index in [0.717, 1.165) is 16.7 Å². The number of urea groups is 1. The van der Waals surface area contributed by atoms with Gasteiger partial charge in [-0.3, -0.25) is 0 Å². The molecule has 4 rings (SSSR count). The quantitative estimate of drug-likeness (QED) is 0.446. The number of pyridine rings is 1. The second kappa shape index (κ2) is 10.8. The first-order valence-electron chi connectivity index (χ1n) is 11.5. The Bertz CT molecular complexity index is 1140. The predicted octanol–water partition coefficient (Wildman–Crippen LogP) is 5.49. The normalized spacial score (nSPS) is 13.9. The highest BCUT2D eigenvalue weighted by Gasteiger charge is 2.35. The van der Waals surface area contributed by atoms with Gasteiger partial charge in [0.15, 0.2) is 6.29 Å². The van der Waals surface area contributed by atoms with Gasteiger partial charge in [-0.2, -0.15) is 0 Å². The number of hydrogen-bond donors (Lipinski definition) is 2. The molecule has 1 aliphatic heterocycles. The van der Waals surface area contributed by atoms with Gasteiger partial charge < -0.3 is 29.6 Å². The van der Waals surface area contributed by atoms with E-state index < -0.39 is 0 Å². The number of aryl methyl sites for hydroxylation is 1. The number of rotatable bonds is 8. The molecular formula is C27H31N3O5. The summed E-state index contributed by atoms with van der Waals surface area (Å²) in [6.07, 6.45) is 1.50. The van der Waals surface area contributed by atoms with Gasteiger partial charge >= 0.3 is 6.03 Å². The summed E-state index contributed by atoms with van der Waals surface area (Å²) in [6, 6.07) is 16.6. The van der Waals surface area contributed by atoms with Crippen LogP contribution in [-0.4, -0.2) is 44.2 Å². The maximum Gasteiger partial charge on any atom is 0.323 e. The molecular weight excluding hydrogens is 446 g/mol. The van der Waals surface area contributed by atoms with Crippen LogP contribution in [0.15, 0.2) is 60.8 Å². The third kappa shape index (κ3) is 6.29. The number of carbonyl (C=O) groups is 1. The van der Waals surface area contributed by atoms with Gasteiger partial charge in [-0.15, -0.1) is 0 Å². The lowest BCUT2D eigenvalue weighted by atomic mass is 9.94. The molecule has 2 N–H and O–H groups in total. The van der Waals surface area contributed by atoms with E-state index in [-0.39, 0.29) is 17.7 Å². The highest BCUT2D eigenvalue weighted by molar-refractivity contribution is 6.00. The van der Waals surface area contributed by atoms with Gasteiger partial charge in [0.25, 0.3) is 0 Å². The molecule has 1 aromatic heterocycles. The zero-order valence-corrected chi connectivity index (χ0v) is 20.5. The monoisotopic (exact) mass is 477 g/mol. The Labute approximate surface area is 205 Å². The van der Waals surface area contributed by atoms with E-state index in [9.17, 15) is 4.79 Å². The van der Waals surface area contributed by atoms with E-state index in [0.29, 0.717) is 42.8 Å². The molecule has 1 aliphatic rings. The number of anilines is 2. The molecule has 0 atom stereocenters. The van der Waals surface area contributed by atoms with Crippen molar-refractivity contribution in [1.29, 1.82) is 0 Å². The standard InChI is InChI=1S/C27H31N3O5/c1-18-5-11-23(32-4)22(15-18)30-26(31)29-21-9-6-19(7-10-21)20-8-12-24(28-16-20)35-17-27(2,3)25-33-13-14-34-25/h5-12,15-16,25H,13-14,17H2,1-4H3,(H2,29,30,31). The van der Waals surface area contributed by atoms with Gasteiger partial charge in [0.05, 0.1) is 32.6 Å². The lowest BCUT2D eigenvalue weighted by molar-refractivity contribution is -0.131. The van der Waals surface area contributed by atoms with Crippen molar-refractivity contribution in [1.82, 2.24) is 4.98 Å². The van der Waals surface area contributed by atoms with Gasteiger partial charge in [0.2, 0.25) is 5.88 Å². The van der Waals surface area contributed by atoms with Crippen molar-refractivity contribution in [2.75, 3.05) is 37.6 Å². The van der Waals surface area contributed by atoms with E-state index >= 15 is 0 Å². The van der Waals surface area contributed by atoms with Crippen molar-refractivity contribution >= 4 is 17.4 Å². The van der Waals surface area contributed by atoms with Gasteiger partial charge in [0, 0.05) is 28.9 Å². The second-order valence-electron chi connectivity index (χ2n) is 9.10. The molecule has 8 nitrogen and oxygen atoms in total. The molecule has 0 spiro atoms. The van der Waals surface area contributed by atoms with Gasteiger partial charge in [-0.25, -0.2) is 9.78 Å². The maximum absolute atomic E-state index is 12.5. The Hall–Kier alpha value is -3.62. The van der Waals surface area contributed by atoms with E-state index in [1.54, 1.807) is 13.3 Å². The molecule has 1 saturated heterocycles. The number of nitrogens with zero attached hydrogens (tertiary/aromatic N) is 1. The smallest absolute Gasteiger partial charge is 0.323 e. The highest BCUT2D eigenvalue weighted by Crippen LogP contribution is 2.29. The number of nitrogens with one attached hydrogen (secondary N) is 2. The van der Waals surface area contributed by atoms with Crippen molar-refractivity contribution in [2.24, 2.45) is 5.41 Å². The first kappa shape index (κ1) is 24.5. The average molecular weight is 478 g/mol. The fourth-order valence-electron chi connectivity index (χ4n) is 3.72. The van der Waals surface area contributed by atoms with Crippen LogP contribution < -0.4 is 20.1 Å². The molecule has 0 radical (unpaired) electrons. The lowest BCUT2D eigenvalue weighted by Gasteiger charge is -2.29. The summed E-state index contributed by atoms with van der Waals surface area (Å²) < 4.78 is 22.4. The zero-order chi connectivity index (χ0) is 24.8. The minimum Gasteiger partial charge on any atom is -0.495 e. The SMILES string of the molecule is COc1ccc(C)cc1NC(=O)Nc1ccc(-c2ccc(OCC(C)(C)C3OCCO3)nc2)cc1. The Kier molecular flexibility index (Phi) is 7.53. The number of ether oxygens (including phenoxy) is 4. The van der Waals surface area contributed by atoms with Crippen molar-refractivity contribution in [3.8, 4) is 22.8 Å². The first-order chi connectivity index (χ1) is 16.8. The van der Waals surface area contributed by atoms with E-state index in [1.807, 2.05) is 75.4 Å². The van der Waals surface area contributed by atoms with Crippen LogP contribution in [-0.2, 0) is 9.47 Å². The Morgan fingerprint density at radius 3 is 2.40 bits per heavy atom. The third-order valence-electron chi connectivity index (χ3n) is 5.67. The van der Waals surface area contributed by atoms with Crippen LogP contribution in [0.4, 0.5) is 16.2 Å². The molecule has 1 fully saturated rings. The third-order valence-corrected chi connectivity index (χ3v) is 5.67. The fraction of sp³-hybridized carbons (Fsp3) is 0.333. The number of aromatic nitrogens is 1. The fourth-order valence-corrected chi connectivity index (χ4v) is 3.72. The molecule has 184 valence electrons. The summed E-state index contributed by atoms with van der Waals surface area (Å²) in [5.41, 5.74) is 3.95. The van der Waals surface area contributed by atoms with Crippen molar-refractivity contribution < 1.29 is 23.7 Å². The minimum atomic E-state index is -0.346. The summed E-state index contributed by atoms with van der Waals surface area (Å²) in [6.45, 7) is 7.70. The second-order valence-corrected chi connectivity index (χ2v) is 9.10. The van der Waals surface area contributed by atoms with Gasteiger partial charge in [-0.1, -0.05) is 32.0 Å². The largest absolute Gasteiger partial charge is 0.495 e. The van der Waals surface area contributed by atoms with Crippen LogP contribution in [0, 0.1) is 12.3 Å². The minimum absolute atomic E-state index is 0.269. The average Bonchev–Trinajstić information content (AvgIpc) is 3.40. The van der Waals surface area contributed by atoms with Crippen LogP contribution in [0.1, 0.15) is 19.4 Å². The molecule has 3 aromatic rings. The number of amides is 2. The number of carbonyl (C=O) groups excluding carboxylic acids is 1. The maximum atomic E-state index is 12.5. The summed E-state index contributed by atoms with van der Waals surface area (Å²) in [5.74, 6) is 1.14. The Morgan fingerprint density at radius 1 is 1.03 bits per heavy atom. The summed E-state index contributed by atoms with van der Waals surface area (Å²) in [7, 11) is 1.57. The molecule has 0 unspecified atom stereocenters. The van der Waals surface area contributed by atoms with Gasteiger partial charge in [0.1, 0.15) is 5.75 Å². The summed E-state index contributed by atoms with van der Waals surface area (Å²) in [4.78, 5) is 16.9. The summed E-state index contributed by atoms with van der Waals surface area (Å²) in [5, 5.41) is 5.67. The van der Waals surface area contributed by atoms with E-state index in [4.69, 9.17) is 18.9 Å². The molecule has 0 aliphatic carbocycles. The Morgan fingerprint density at radius 2 is 1.74 bits per heavy atom. The molecule has 0 saturated carbocycles. The first-order valence-corrected chi connectivity index (χ1v) is 11.5. The molecule has 2 heterocycles. The molecule has 0 bridgehead atoms. The Balaban J connectivity index is 1.33. The number of methoxy groups -OCH3 is 1. The lowest BCUT2D eigenvalue weighted by Crippen LogP contribution is -2.36. The van der Waals surface area contributed by atoms with Crippen molar-refractivity contribution in [2.45, 2.75) is 27.1 Å². The van der Waals surface area contributed by atoms with Crippen LogP contribution in [0.3, 0.4) is 0 Å². The van der Waals surface area contributed by atoms with Crippen LogP contribution in [0.5, 0.6) is 11.6 Å². The van der Waals surface area contributed by atoms with E-state index in [2.05, 4.69) is 15.6 Å². The molecule has 8 heteroatoms. The number of hydrogen-bond acceptors (Lipinski definition) is 6. The van der Waals surface area contributed by atoms with Crippen LogP contribution in [0.2, 0.25) is 0 Å². The van der Waals surface area contributed by atoms with Gasteiger partial charge in [-0.05, 0) is 48.4 Å². The predicted molar refractivity (Wildman–Crippen MR) is 135 cm³/mol. The highest BCUT2D eigenvalue weighted by atomic mass is 16.7. The molecule has 2 amide bonds. The van der Waals surface area contributed by atoms with Crippen LogP contribution in [0.25, 0.3) is 11.1 Å².